The molecule has 0 radical (unpaired) electrons. The van der Waals surface area contributed by atoms with E-state index in [9.17, 15) is 18.0 Å². The van der Waals surface area contributed by atoms with Crippen molar-refractivity contribution in [3.63, 3.8) is 0 Å². The van der Waals surface area contributed by atoms with Gasteiger partial charge in [0.1, 0.15) is 5.82 Å². The van der Waals surface area contributed by atoms with Crippen LogP contribution in [0.4, 0.5) is 24.7 Å². The number of nitrogen functional groups attached to an aromatic ring is 1. The monoisotopic (exact) mass is 451 g/mol. The molecule has 0 fully saturated rings. The second kappa shape index (κ2) is 8.70. The van der Waals surface area contributed by atoms with Crippen LogP contribution in [0.1, 0.15) is 15.9 Å². The molecule has 0 atom stereocenters. The van der Waals surface area contributed by atoms with Crippen molar-refractivity contribution in [2.75, 3.05) is 17.8 Å². The van der Waals surface area contributed by atoms with Gasteiger partial charge in [0, 0.05) is 24.2 Å². The van der Waals surface area contributed by atoms with Crippen LogP contribution in [-0.4, -0.2) is 22.7 Å². The van der Waals surface area contributed by atoms with Crippen LogP contribution in [0.3, 0.4) is 0 Å². The molecule has 0 bridgehead atoms. The van der Waals surface area contributed by atoms with E-state index in [1.54, 1.807) is 36.3 Å². The van der Waals surface area contributed by atoms with Crippen LogP contribution >= 0.6 is 0 Å². The van der Waals surface area contributed by atoms with Gasteiger partial charge in [0.2, 0.25) is 0 Å². The van der Waals surface area contributed by atoms with Gasteiger partial charge in [-0.3, -0.25) is 15.2 Å². The van der Waals surface area contributed by atoms with Crippen LogP contribution in [0.5, 0.6) is 0 Å². The molecule has 6 nitrogen and oxygen atoms in total. The SMILES string of the molecule is CN(NC(=O)c1ccc(-n2nc(-c3cccc(C(F)(F)F)c3)cc2N)cc1)c1ccccc1. The molecule has 4 aromatic rings. The van der Waals surface area contributed by atoms with Crippen LogP contribution < -0.4 is 16.2 Å². The van der Waals surface area contributed by atoms with Gasteiger partial charge in [-0.2, -0.15) is 18.3 Å². The standard InChI is InChI=1S/C24H20F3N5O/c1-31(19-8-3-2-4-9-19)30-23(33)16-10-12-20(13-11-16)32-22(28)15-21(29-32)17-6-5-7-18(14-17)24(25,26)27/h2-15H,28H2,1H3,(H,30,33). The van der Waals surface area contributed by atoms with Crippen molar-refractivity contribution in [3.05, 3.63) is 96.1 Å². The molecule has 33 heavy (non-hydrogen) atoms. The average Bonchev–Trinajstić information content (AvgIpc) is 3.21. The van der Waals surface area contributed by atoms with Crippen molar-refractivity contribution in [2.45, 2.75) is 6.18 Å². The van der Waals surface area contributed by atoms with E-state index in [4.69, 9.17) is 5.73 Å². The normalized spacial score (nSPS) is 11.3. The van der Waals surface area contributed by atoms with E-state index in [2.05, 4.69) is 10.5 Å². The minimum absolute atomic E-state index is 0.253. The number of nitrogens with two attached hydrogens (primary N) is 1. The van der Waals surface area contributed by atoms with Crippen LogP contribution in [0.2, 0.25) is 0 Å². The first kappa shape index (κ1) is 21.9. The fourth-order valence-electron chi connectivity index (χ4n) is 3.29. The Labute approximate surface area is 188 Å². The van der Waals surface area contributed by atoms with Crippen molar-refractivity contribution >= 4 is 17.4 Å². The summed E-state index contributed by atoms with van der Waals surface area (Å²) in [5, 5.41) is 5.97. The lowest BCUT2D eigenvalue weighted by atomic mass is 10.1. The molecule has 1 amide bonds. The van der Waals surface area contributed by atoms with E-state index < -0.39 is 11.7 Å². The van der Waals surface area contributed by atoms with E-state index in [0.717, 1.165) is 17.8 Å². The zero-order valence-electron chi connectivity index (χ0n) is 17.5. The zero-order chi connectivity index (χ0) is 23.6. The number of nitrogens with one attached hydrogen (secondary N) is 1. The fraction of sp³-hybridized carbons (Fsp3) is 0.0833. The zero-order valence-corrected chi connectivity index (χ0v) is 17.5. The Morgan fingerprint density at radius 2 is 1.67 bits per heavy atom. The number of para-hydroxylation sites is 1. The number of rotatable bonds is 5. The number of halogens is 3. The second-order valence-corrected chi connectivity index (χ2v) is 7.33. The molecule has 1 aromatic heterocycles. The van der Waals surface area contributed by atoms with Gasteiger partial charge in [0.25, 0.3) is 5.91 Å². The lowest BCUT2D eigenvalue weighted by Gasteiger charge is -2.20. The van der Waals surface area contributed by atoms with Crippen molar-refractivity contribution < 1.29 is 18.0 Å². The molecule has 1 heterocycles. The molecule has 0 spiro atoms. The summed E-state index contributed by atoms with van der Waals surface area (Å²) in [6, 6.07) is 22.3. The molecule has 168 valence electrons. The van der Waals surface area contributed by atoms with Crippen molar-refractivity contribution in [2.24, 2.45) is 0 Å². The average molecular weight is 451 g/mol. The van der Waals surface area contributed by atoms with Gasteiger partial charge in [-0.15, -0.1) is 0 Å². The van der Waals surface area contributed by atoms with Crippen LogP contribution in [0.25, 0.3) is 16.9 Å². The third-order valence-electron chi connectivity index (χ3n) is 5.01. The summed E-state index contributed by atoms with van der Waals surface area (Å²) in [7, 11) is 1.74. The number of alkyl halides is 3. The Morgan fingerprint density at radius 3 is 2.33 bits per heavy atom. The van der Waals surface area contributed by atoms with E-state index >= 15 is 0 Å². The molecule has 4 rings (SSSR count). The van der Waals surface area contributed by atoms with Gasteiger partial charge >= 0.3 is 6.18 Å². The number of aromatic nitrogens is 2. The maximum atomic E-state index is 13.0. The number of amides is 1. The number of hydrogen-bond acceptors (Lipinski definition) is 4. The molecule has 0 unspecified atom stereocenters. The van der Waals surface area contributed by atoms with E-state index in [1.807, 2.05) is 30.3 Å². The first-order chi connectivity index (χ1) is 15.7. The lowest BCUT2D eigenvalue weighted by Crippen LogP contribution is -2.39. The molecule has 3 N–H and O–H groups in total. The second-order valence-electron chi connectivity index (χ2n) is 7.33. The molecule has 0 saturated heterocycles. The van der Waals surface area contributed by atoms with Gasteiger partial charge in [-0.1, -0.05) is 30.3 Å². The minimum atomic E-state index is -4.45. The van der Waals surface area contributed by atoms with Crippen molar-refractivity contribution in [1.29, 1.82) is 0 Å². The maximum absolute atomic E-state index is 13.0. The molecular weight excluding hydrogens is 431 g/mol. The van der Waals surface area contributed by atoms with Gasteiger partial charge in [-0.25, -0.2) is 4.68 Å². The molecule has 0 aliphatic heterocycles. The van der Waals surface area contributed by atoms with Crippen molar-refractivity contribution in [3.8, 4) is 16.9 Å². The smallest absolute Gasteiger partial charge is 0.384 e. The minimum Gasteiger partial charge on any atom is -0.384 e. The number of nitrogens with zero attached hydrogens (tertiary/aromatic N) is 3. The van der Waals surface area contributed by atoms with Gasteiger partial charge in [0.15, 0.2) is 0 Å². The number of hydrogen-bond donors (Lipinski definition) is 2. The molecule has 0 aliphatic carbocycles. The number of hydrazine groups is 1. The lowest BCUT2D eigenvalue weighted by molar-refractivity contribution is -0.137. The summed E-state index contributed by atoms with van der Waals surface area (Å²) in [5.41, 5.74) is 10.5. The third kappa shape index (κ3) is 4.82. The summed E-state index contributed by atoms with van der Waals surface area (Å²) in [4.78, 5) is 12.6. The summed E-state index contributed by atoms with van der Waals surface area (Å²) in [6.07, 6.45) is -4.45. The largest absolute Gasteiger partial charge is 0.416 e. The number of benzene rings is 3. The first-order valence-corrected chi connectivity index (χ1v) is 9.96. The van der Waals surface area contributed by atoms with Crippen LogP contribution in [0, 0.1) is 0 Å². The third-order valence-corrected chi connectivity index (χ3v) is 5.01. The number of anilines is 2. The Morgan fingerprint density at radius 1 is 0.970 bits per heavy atom. The molecular formula is C24H20F3N5O. The predicted molar refractivity (Wildman–Crippen MR) is 121 cm³/mol. The molecule has 0 aliphatic rings. The highest BCUT2D eigenvalue weighted by molar-refractivity contribution is 5.95. The van der Waals surface area contributed by atoms with Crippen LogP contribution in [0.15, 0.2) is 84.9 Å². The van der Waals surface area contributed by atoms with E-state index in [-0.39, 0.29) is 11.7 Å². The summed E-state index contributed by atoms with van der Waals surface area (Å²) >= 11 is 0. The highest BCUT2D eigenvalue weighted by atomic mass is 19.4. The van der Waals surface area contributed by atoms with Gasteiger partial charge < -0.3 is 5.73 Å². The topological polar surface area (TPSA) is 76.2 Å². The highest BCUT2D eigenvalue weighted by Crippen LogP contribution is 2.32. The highest BCUT2D eigenvalue weighted by Gasteiger charge is 2.30. The fourth-order valence-corrected chi connectivity index (χ4v) is 3.29. The van der Waals surface area contributed by atoms with E-state index in [1.165, 1.54) is 22.9 Å². The number of carbonyl (C=O) groups is 1. The van der Waals surface area contributed by atoms with Gasteiger partial charge in [0.05, 0.1) is 22.6 Å². The Bertz CT molecular complexity index is 1270. The molecule has 3 aromatic carbocycles. The maximum Gasteiger partial charge on any atom is 0.416 e. The summed E-state index contributed by atoms with van der Waals surface area (Å²) in [5.74, 6) is -0.0468. The first-order valence-electron chi connectivity index (χ1n) is 9.96. The molecule has 9 heteroatoms. The number of carbonyl (C=O) groups excluding carboxylic acids is 1. The Hall–Kier alpha value is -4.27. The Kier molecular flexibility index (Phi) is 5.78. The summed E-state index contributed by atoms with van der Waals surface area (Å²) < 4.78 is 40.5. The van der Waals surface area contributed by atoms with Crippen LogP contribution in [-0.2, 0) is 6.18 Å². The van der Waals surface area contributed by atoms with E-state index in [0.29, 0.717) is 22.5 Å². The predicted octanol–water partition coefficient (Wildman–Crippen LogP) is 4.92. The Balaban J connectivity index is 1.53. The van der Waals surface area contributed by atoms with Crippen molar-refractivity contribution in [1.82, 2.24) is 15.2 Å². The quantitative estimate of drug-likeness (QED) is 0.422. The summed E-state index contributed by atoms with van der Waals surface area (Å²) in [6.45, 7) is 0. The molecule has 0 saturated carbocycles. The van der Waals surface area contributed by atoms with Gasteiger partial charge in [-0.05, 0) is 48.5 Å².